The average Bonchev–Trinajstić information content (AvgIpc) is 2.67. The molecule has 0 heterocycles. The molecule has 5 heteroatoms. The summed E-state index contributed by atoms with van der Waals surface area (Å²) in [4.78, 5) is 13.3. The molecule has 0 bridgehead atoms. The first-order chi connectivity index (χ1) is 13.0. The molecule has 0 aliphatic heterocycles. The van der Waals surface area contributed by atoms with Crippen molar-refractivity contribution in [3.63, 3.8) is 0 Å². The molecule has 140 valence electrons. The third-order valence-corrected chi connectivity index (χ3v) is 4.73. The van der Waals surface area contributed by atoms with Crippen LogP contribution in [-0.4, -0.2) is 26.6 Å². The van der Waals surface area contributed by atoms with E-state index in [-0.39, 0.29) is 5.91 Å². The van der Waals surface area contributed by atoms with Crippen molar-refractivity contribution >= 4 is 28.3 Å². The van der Waals surface area contributed by atoms with Crippen molar-refractivity contribution in [3.05, 3.63) is 76.8 Å². The van der Waals surface area contributed by atoms with E-state index in [9.17, 15) is 4.79 Å². The summed E-state index contributed by atoms with van der Waals surface area (Å²) >= 11 is 5.87. The minimum atomic E-state index is 0.0352. The van der Waals surface area contributed by atoms with Gasteiger partial charge in [0.25, 0.3) is 5.91 Å². The Morgan fingerprint density at radius 2 is 1.67 bits per heavy atom. The zero-order valence-corrected chi connectivity index (χ0v) is 16.3. The van der Waals surface area contributed by atoms with E-state index >= 15 is 0 Å². The molecule has 1 atom stereocenters. The highest BCUT2D eigenvalue weighted by atomic mass is 35.5. The fourth-order valence-corrected chi connectivity index (χ4v) is 3.19. The number of fused-ring (bicyclic) bond motifs is 1. The van der Waals surface area contributed by atoms with Gasteiger partial charge in [-0.15, -0.1) is 0 Å². The van der Waals surface area contributed by atoms with E-state index in [4.69, 9.17) is 16.3 Å². The molecule has 0 aliphatic rings. The molecule has 1 amide bonds. The number of hydrogen-bond acceptors (Lipinski definition) is 2. The second kappa shape index (κ2) is 8.89. The zero-order chi connectivity index (χ0) is 19.2. The number of ether oxygens (including phenoxy) is 1. The Morgan fingerprint density at radius 3 is 2.41 bits per heavy atom. The predicted octanol–water partition coefficient (Wildman–Crippen LogP) is 2.83. The largest absolute Gasteiger partial charge is 0.497 e. The Kier molecular flexibility index (Phi) is 6.32. The van der Waals surface area contributed by atoms with Gasteiger partial charge in [0, 0.05) is 17.1 Å². The Hall–Kier alpha value is -2.56. The first-order valence-electron chi connectivity index (χ1n) is 8.92. The molecule has 0 fully saturated rings. The van der Waals surface area contributed by atoms with Crippen LogP contribution in [0.3, 0.4) is 0 Å². The summed E-state index contributed by atoms with van der Waals surface area (Å²) in [6.07, 6.45) is 0. The van der Waals surface area contributed by atoms with Crippen LogP contribution < -0.4 is 15.0 Å². The summed E-state index contributed by atoms with van der Waals surface area (Å²) < 4.78 is 5.27. The van der Waals surface area contributed by atoms with Crippen molar-refractivity contribution in [2.24, 2.45) is 0 Å². The Balaban J connectivity index is 1.53. The number of carbonyl (C=O) groups excluding carboxylic acids is 1. The van der Waals surface area contributed by atoms with Gasteiger partial charge < -0.3 is 15.0 Å². The van der Waals surface area contributed by atoms with Crippen molar-refractivity contribution in [2.75, 3.05) is 20.7 Å². The molecular weight excluding hydrogens is 360 g/mol. The van der Waals surface area contributed by atoms with E-state index in [1.54, 1.807) is 7.11 Å². The number of likely N-dealkylation sites (N-methyl/N-ethyl adjacent to an activating group) is 1. The molecule has 3 aromatic carbocycles. The summed E-state index contributed by atoms with van der Waals surface area (Å²) in [6.45, 7) is 1.73. The smallest absolute Gasteiger partial charge is 0.275 e. The van der Waals surface area contributed by atoms with Gasteiger partial charge in [0.15, 0.2) is 6.54 Å². The highest BCUT2D eigenvalue weighted by Crippen LogP contribution is 2.21. The Labute approximate surface area is 164 Å². The summed E-state index contributed by atoms with van der Waals surface area (Å²) in [7, 11) is 3.70. The molecule has 27 heavy (non-hydrogen) atoms. The minimum Gasteiger partial charge on any atom is -0.497 e. The first-order valence-corrected chi connectivity index (χ1v) is 9.30. The molecule has 1 unspecified atom stereocenters. The number of halogens is 1. The lowest BCUT2D eigenvalue weighted by molar-refractivity contribution is -0.885. The van der Waals surface area contributed by atoms with Gasteiger partial charge in [0.2, 0.25) is 0 Å². The van der Waals surface area contributed by atoms with E-state index in [0.717, 1.165) is 28.1 Å². The first kappa shape index (κ1) is 19.2. The molecule has 0 aliphatic carbocycles. The Morgan fingerprint density at radius 1 is 1.00 bits per heavy atom. The van der Waals surface area contributed by atoms with E-state index in [1.165, 1.54) is 10.9 Å². The van der Waals surface area contributed by atoms with E-state index < -0.39 is 0 Å². The Bertz CT molecular complexity index is 925. The van der Waals surface area contributed by atoms with Crippen molar-refractivity contribution in [1.29, 1.82) is 0 Å². The van der Waals surface area contributed by atoms with Crippen molar-refractivity contribution in [3.8, 4) is 5.75 Å². The average molecular weight is 384 g/mol. The molecular formula is C22H24ClN2O2+. The van der Waals surface area contributed by atoms with Crippen LogP contribution in [-0.2, 0) is 17.9 Å². The van der Waals surface area contributed by atoms with E-state index in [0.29, 0.717) is 18.1 Å². The predicted molar refractivity (Wildman–Crippen MR) is 109 cm³/mol. The summed E-state index contributed by atoms with van der Waals surface area (Å²) in [5.74, 6) is 0.892. The quantitative estimate of drug-likeness (QED) is 0.658. The van der Waals surface area contributed by atoms with Crippen LogP contribution in [0.4, 0.5) is 0 Å². The maximum absolute atomic E-state index is 12.2. The summed E-state index contributed by atoms with van der Waals surface area (Å²) in [5, 5.41) is 5.98. The number of amides is 1. The van der Waals surface area contributed by atoms with Gasteiger partial charge in [-0.05, 0) is 46.7 Å². The van der Waals surface area contributed by atoms with Gasteiger partial charge in [0.05, 0.1) is 14.2 Å². The van der Waals surface area contributed by atoms with Gasteiger partial charge in [-0.25, -0.2) is 0 Å². The number of methoxy groups -OCH3 is 1. The van der Waals surface area contributed by atoms with Crippen LogP contribution in [0.25, 0.3) is 10.8 Å². The second-order valence-corrected chi connectivity index (χ2v) is 7.20. The molecule has 0 saturated heterocycles. The SMILES string of the molecule is COc1ccc2cc(C[NH+](C)CC(=O)NCc3ccc(Cl)cc3)ccc2c1. The fraction of sp³-hybridized carbons (Fsp3) is 0.227. The second-order valence-electron chi connectivity index (χ2n) is 6.76. The number of nitrogens with one attached hydrogen (secondary N) is 2. The molecule has 4 nitrogen and oxygen atoms in total. The maximum atomic E-state index is 12.2. The van der Waals surface area contributed by atoms with Crippen molar-refractivity contribution < 1.29 is 14.4 Å². The van der Waals surface area contributed by atoms with Crippen LogP contribution in [0.15, 0.2) is 60.7 Å². The number of benzene rings is 3. The molecule has 0 aromatic heterocycles. The number of rotatable bonds is 7. The monoisotopic (exact) mass is 383 g/mol. The highest BCUT2D eigenvalue weighted by Gasteiger charge is 2.11. The lowest BCUT2D eigenvalue weighted by Crippen LogP contribution is -3.08. The van der Waals surface area contributed by atoms with Crippen LogP contribution in [0.2, 0.25) is 5.02 Å². The van der Waals surface area contributed by atoms with E-state index in [1.807, 2.05) is 43.4 Å². The van der Waals surface area contributed by atoms with Crippen LogP contribution >= 0.6 is 11.6 Å². The van der Waals surface area contributed by atoms with Crippen LogP contribution in [0.1, 0.15) is 11.1 Å². The van der Waals surface area contributed by atoms with Gasteiger partial charge in [-0.3, -0.25) is 4.79 Å². The molecule has 0 spiro atoms. The lowest BCUT2D eigenvalue weighted by atomic mass is 10.1. The fourth-order valence-electron chi connectivity index (χ4n) is 3.06. The maximum Gasteiger partial charge on any atom is 0.275 e. The van der Waals surface area contributed by atoms with Gasteiger partial charge in [-0.2, -0.15) is 0 Å². The minimum absolute atomic E-state index is 0.0352. The highest BCUT2D eigenvalue weighted by molar-refractivity contribution is 6.30. The van der Waals surface area contributed by atoms with Crippen molar-refractivity contribution in [2.45, 2.75) is 13.1 Å². The van der Waals surface area contributed by atoms with Crippen LogP contribution in [0.5, 0.6) is 5.75 Å². The standard InChI is InChI=1S/C22H23ClN2O2/c1-25(15-22(26)24-13-16-4-8-20(23)9-5-16)14-17-3-6-19-12-21(27-2)10-7-18(19)11-17/h3-12H,13-15H2,1-2H3,(H,24,26)/p+1. The van der Waals surface area contributed by atoms with Gasteiger partial charge in [-0.1, -0.05) is 41.9 Å². The molecule has 0 saturated carbocycles. The topological polar surface area (TPSA) is 42.8 Å². The third-order valence-electron chi connectivity index (χ3n) is 4.48. The van der Waals surface area contributed by atoms with Gasteiger partial charge in [0.1, 0.15) is 12.3 Å². The normalized spacial score (nSPS) is 12.0. The number of quaternary nitrogens is 1. The van der Waals surface area contributed by atoms with Gasteiger partial charge >= 0.3 is 0 Å². The van der Waals surface area contributed by atoms with E-state index in [2.05, 4.69) is 29.6 Å². The summed E-state index contributed by atoms with van der Waals surface area (Å²) in [5.41, 5.74) is 2.24. The summed E-state index contributed by atoms with van der Waals surface area (Å²) in [6, 6.07) is 19.9. The third kappa shape index (κ3) is 5.46. The molecule has 3 aromatic rings. The molecule has 3 rings (SSSR count). The zero-order valence-electron chi connectivity index (χ0n) is 15.6. The van der Waals surface area contributed by atoms with Crippen LogP contribution in [0, 0.1) is 0 Å². The number of hydrogen-bond donors (Lipinski definition) is 2. The van der Waals surface area contributed by atoms with Crippen molar-refractivity contribution in [1.82, 2.24) is 5.32 Å². The molecule has 2 N–H and O–H groups in total. The number of carbonyl (C=O) groups is 1. The molecule has 0 radical (unpaired) electrons. The lowest BCUT2D eigenvalue weighted by Gasteiger charge is -2.14.